The molecule has 1 aromatic heterocycles. The first kappa shape index (κ1) is 20.4. The number of ether oxygens (including phenoxy) is 1. The van der Waals surface area contributed by atoms with Gasteiger partial charge in [-0.25, -0.2) is 4.99 Å². The van der Waals surface area contributed by atoms with Crippen molar-refractivity contribution in [1.29, 1.82) is 0 Å². The molecule has 0 radical (unpaired) electrons. The Labute approximate surface area is 171 Å². The third-order valence-electron chi connectivity index (χ3n) is 4.89. The Morgan fingerprint density at radius 2 is 2.04 bits per heavy atom. The maximum atomic E-state index is 6.14. The molecule has 1 aliphatic heterocycles. The molecule has 0 bridgehead atoms. The zero-order valence-corrected chi connectivity index (χ0v) is 17.5. The number of hydrogen-bond donors (Lipinski definition) is 1. The van der Waals surface area contributed by atoms with Gasteiger partial charge < -0.3 is 24.4 Å². The van der Waals surface area contributed by atoms with Gasteiger partial charge in [-0.3, -0.25) is 0 Å². The fraction of sp³-hybridized carbons (Fsp3) is 0.526. The van der Waals surface area contributed by atoms with Gasteiger partial charge in [0.1, 0.15) is 12.4 Å². The van der Waals surface area contributed by atoms with E-state index in [1.807, 2.05) is 36.7 Å². The Bertz CT molecular complexity index is 799. The van der Waals surface area contributed by atoms with E-state index in [1.165, 1.54) is 0 Å². The molecule has 0 unspecified atom stereocenters. The highest BCUT2D eigenvalue weighted by molar-refractivity contribution is 6.30. The second-order valence-corrected chi connectivity index (χ2v) is 7.17. The molecule has 8 nitrogen and oxygen atoms in total. The van der Waals surface area contributed by atoms with Crippen LogP contribution in [0.2, 0.25) is 5.02 Å². The molecule has 28 heavy (non-hydrogen) atoms. The predicted octanol–water partition coefficient (Wildman–Crippen LogP) is 1.69. The van der Waals surface area contributed by atoms with Crippen molar-refractivity contribution in [2.45, 2.75) is 13.5 Å². The minimum Gasteiger partial charge on any atom is -0.383 e. The van der Waals surface area contributed by atoms with Gasteiger partial charge in [0.2, 0.25) is 0 Å². The van der Waals surface area contributed by atoms with Crippen molar-refractivity contribution in [2.24, 2.45) is 12.0 Å². The van der Waals surface area contributed by atoms with Crippen LogP contribution in [0.25, 0.3) is 0 Å². The van der Waals surface area contributed by atoms with E-state index in [-0.39, 0.29) is 0 Å². The van der Waals surface area contributed by atoms with Crippen molar-refractivity contribution in [1.82, 2.24) is 25.0 Å². The number of rotatable bonds is 6. The lowest BCUT2D eigenvalue weighted by Gasteiger charge is -2.37. The van der Waals surface area contributed by atoms with Crippen LogP contribution in [0.3, 0.4) is 0 Å². The molecule has 3 rings (SSSR count). The first-order valence-electron chi connectivity index (χ1n) is 9.46. The molecule has 2 aromatic rings. The number of halogens is 1. The van der Waals surface area contributed by atoms with Gasteiger partial charge in [-0.05, 0) is 25.1 Å². The molecule has 1 aliphatic rings. The summed E-state index contributed by atoms with van der Waals surface area (Å²) in [6.07, 6.45) is 0. The average molecular weight is 406 g/mol. The monoisotopic (exact) mass is 405 g/mol. The largest absolute Gasteiger partial charge is 0.383 e. The van der Waals surface area contributed by atoms with Crippen LogP contribution in [0.15, 0.2) is 29.3 Å². The predicted molar refractivity (Wildman–Crippen MR) is 112 cm³/mol. The summed E-state index contributed by atoms with van der Waals surface area (Å²) < 4.78 is 7.13. The van der Waals surface area contributed by atoms with Gasteiger partial charge in [0, 0.05) is 57.6 Å². The van der Waals surface area contributed by atoms with Gasteiger partial charge in [-0.15, -0.1) is 10.2 Å². The summed E-state index contributed by atoms with van der Waals surface area (Å²) in [6.45, 7) is 7.34. The molecule has 0 amide bonds. The molecule has 1 fully saturated rings. The van der Waals surface area contributed by atoms with E-state index in [1.54, 1.807) is 7.11 Å². The maximum absolute atomic E-state index is 6.14. The van der Waals surface area contributed by atoms with Crippen LogP contribution < -0.4 is 10.2 Å². The maximum Gasteiger partial charge on any atom is 0.194 e. The summed E-state index contributed by atoms with van der Waals surface area (Å²) in [5.74, 6) is 2.61. The first-order valence-corrected chi connectivity index (χ1v) is 9.84. The van der Waals surface area contributed by atoms with Crippen LogP contribution in [-0.4, -0.2) is 72.1 Å². The molecule has 152 valence electrons. The normalized spacial score (nSPS) is 15.2. The molecule has 9 heteroatoms. The van der Waals surface area contributed by atoms with E-state index in [0.717, 1.165) is 54.5 Å². The van der Waals surface area contributed by atoms with Gasteiger partial charge in [0.25, 0.3) is 0 Å². The smallest absolute Gasteiger partial charge is 0.194 e. The van der Waals surface area contributed by atoms with Gasteiger partial charge in [-0.1, -0.05) is 17.7 Å². The molecule has 0 atom stereocenters. The Hall–Kier alpha value is -2.32. The fourth-order valence-corrected chi connectivity index (χ4v) is 3.30. The summed E-state index contributed by atoms with van der Waals surface area (Å²) >= 11 is 6.14. The van der Waals surface area contributed by atoms with Crippen molar-refractivity contribution in [3.63, 3.8) is 0 Å². The van der Waals surface area contributed by atoms with Crippen molar-refractivity contribution in [3.05, 3.63) is 40.9 Å². The van der Waals surface area contributed by atoms with E-state index in [9.17, 15) is 0 Å². The summed E-state index contributed by atoms with van der Waals surface area (Å²) in [5.41, 5.74) is 1.16. The lowest BCUT2D eigenvalue weighted by atomic mass is 10.2. The molecule has 0 aliphatic carbocycles. The summed E-state index contributed by atoms with van der Waals surface area (Å²) in [6, 6.07) is 8.01. The van der Waals surface area contributed by atoms with E-state index in [4.69, 9.17) is 21.3 Å². The quantitative estimate of drug-likeness (QED) is 0.448. The molecule has 1 N–H and O–H groups in total. The standard InChI is InChI=1S/C19H28ClN7O/c1-15-23-24-18(25(15)2)14-22-19(21-7-12-28-3)27-10-8-26(9-11-27)17-6-4-5-16(20)13-17/h4-6,13H,7-12,14H2,1-3H3,(H,21,22). The van der Waals surface area contributed by atoms with Crippen LogP contribution >= 0.6 is 11.6 Å². The van der Waals surface area contributed by atoms with Crippen molar-refractivity contribution in [2.75, 3.05) is 51.3 Å². The van der Waals surface area contributed by atoms with E-state index < -0.39 is 0 Å². The van der Waals surface area contributed by atoms with Crippen molar-refractivity contribution >= 4 is 23.2 Å². The highest BCUT2D eigenvalue weighted by Crippen LogP contribution is 2.20. The lowest BCUT2D eigenvalue weighted by Crippen LogP contribution is -2.53. The fourth-order valence-electron chi connectivity index (χ4n) is 3.12. The second kappa shape index (κ2) is 9.75. The summed E-state index contributed by atoms with van der Waals surface area (Å²) in [4.78, 5) is 9.41. The minimum atomic E-state index is 0.487. The van der Waals surface area contributed by atoms with Crippen LogP contribution in [0.4, 0.5) is 5.69 Å². The Morgan fingerprint density at radius 1 is 1.25 bits per heavy atom. The topological polar surface area (TPSA) is 70.8 Å². The van der Waals surface area contributed by atoms with Gasteiger partial charge in [-0.2, -0.15) is 0 Å². The third-order valence-corrected chi connectivity index (χ3v) is 5.13. The van der Waals surface area contributed by atoms with Gasteiger partial charge in [0.05, 0.1) is 6.61 Å². The van der Waals surface area contributed by atoms with E-state index >= 15 is 0 Å². The number of aromatic nitrogens is 3. The van der Waals surface area contributed by atoms with Gasteiger partial charge in [0.15, 0.2) is 11.8 Å². The Morgan fingerprint density at radius 3 is 2.68 bits per heavy atom. The minimum absolute atomic E-state index is 0.487. The number of nitrogens with one attached hydrogen (secondary N) is 1. The van der Waals surface area contributed by atoms with Crippen molar-refractivity contribution in [3.8, 4) is 0 Å². The first-order chi connectivity index (χ1) is 13.6. The lowest BCUT2D eigenvalue weighted by molar-refractivity contribution is 0.202. The average Bonchev–Trinajstić information content (AvgIpc) is 3.03. The highest BCUT2D eigenvalue weighted by Gasteiger charge is 2.20. The molecule has 0 spiro atoms. The number of aryl methyl sites for hydroxylation is 1. The number of aliphatic imine (C=N–C) groups is 1. The summed E-state index contributed by atoms with van der Waals surface area (Å²) in [7, 11) is 3.66. The second-order valence-electron chi connectivity index (χ2n) is 6.74. The molecular formula is C19H28ClN7O. The number of methoxy groups -OCH3 is 1. The molecule has 0 saturated carbocycles. The number of piperazine rings is 1. The number of benzene rings is 1. The molecule has 2 heterocycles. The van der Waals surface area contributed by atoms with Crippen LogP contribution in [-0.2, 0) is 18.3 Å². The Kier molecular flexibility index (Phi) is 7.11. The van der Waals surface area contributed by atoms with E-state index in [0.29, 0.717) is 19.7 Å². The van der Waals surface area contributed by atoms with Crippen LogP contribution in [0.1, 0.15) is 11.6 Å². The van der Waals surface area contributed by atoms with Gasteiger partial charge >= 0.3 is 0 Å². The number of nitrogens with zero attached hydrogens (tertiary/aromatic N) is 6. The van der Waals surface area contributed by atoms with Crippen LogP contribution in [0, 0.1) is 6.92 Å². The Balaban J connectivity index is 1.65. The molecule has 1 saturated heterocycles. The number of hydrogen-bond acceptors (Lipinski definition) is 5. The third kappa shape index (κ3) is 5.14. The zero-order chi connectivity index (χ0) is 19.9. The van der Waals surface area contributed by atoms with Crippen molar-refractivity contribution < 1.29 is 4.74 Å². The zero-order valence-electron chi connectivity index (χ0n) is 16.7. The molecular weight excluding hydrogens is 378 g/mol. The number of guanidine groups is 1. The number of anilines is 1. The summed E-state index contributed by atoms with van der Waals surface area (Å²) in [5, 5.41) is 12.5. The SMILES string of the molecule is COCCNC(=NCc1nnc(C)n1C)N1CCN(c2cccc(Cl)c2)CC1. The van der Waals surface area contributed by atoms with E-state index in [2.05, 4.69) is 31.4 Å². The molecule has 1 aromatic carbocycles. The highest BCUT2D eigenvalue weighted by atomic mass is 35.5. The van der Waals surface area contributed by atoms with Crippen LogP contribution in [0.5, 0.6) is 0 Å².